The number of carbonyl (C=O) groups is 1. The van der Waals surface area contributed by atoms with Crippen molar-refractivity contribution in [2.75, 3.05) is 0 Å². The van der Waals surface area contributed by atoms with E-state index in [2.05, 4.69) is 10.3 Å². The van der Waals surface area contributed by atoms with E-state index in [9.17, 15) is 4.79 Å². The van der Waals surface area contributed by atoms with Crippen LogP contribution in [0.4, 0.5) is 0 Å². The fourth-order valence-electron chi connectivity index (χ4n) is 2.02. The van der Waals surface area contributed by atoms with Crippen LogP contribution in [0, 0.1) is 6.92 Å². The van der Waals surface area contributed by atoms with E-state index < -0.39 is 5.97 Å². The molecule has 0 aliphatic carbocycles. The molecule has 0 fully saturated rings. The lowest BCUT2D eigenvalue weighted by Crippen LogP contribution is -1.99. The molecule has 0 saturated carbocycles. The predicted octanol–water partition coefficient (Wildman–Crippen LogP) is 3.08. The Bertz CT molecular complexity index is 826. The summed E-state index contributed by atoms with van der Waals surface area (Å²) in [5.74, 6) is -0.991. The molecule has 5 nitrogen and oxygen atoms in total. The zero-order valence-corrected chi connectivity index (χ0v) is 11.3. The summed E-state index contributed by atoms with van der Waals surface area (Å²) in [6.07, 6.45) is 0. The zero-order chi connectivity index (χ0) is 14.3. The topological polar surface area (TPSA) is 68.0 Å². The van der Waals surface area contributed by atoms with Gasteiger partial charge in [0.2, 0.25) is 0 Å². The van der Waals surface area contributed by atoms with Crippen LogP contribution in [-0.2, 0) is 0 Å². The molecule has 1 N–H and O–H groups in total. The van der Waals surface area contributed by atoms with Gasteiger partial charge in [0, 0.05) is 0 Å². The molecule has 0 unspecified atom stereocenters. The summed E-state index contributed by atoms with van der Waals surface area (Å²) in [5.41, 5.74) is 3.18. The van der Waals surface area contributed by atoms with Gasteiger partial charge in [-0.3, -0.25) is 0 Å². The summed E-state index contributed by atoms with van der Waals surface area (Å²) in [7, 11) is 0. The van der Waals surface area contributed by atoms with Gasteiger partial charge >= 0.3 is 5.97 Å². The molecule has 0 radical (unpaired) electrons. The van der Waals surface area contributed by atoms with Gasteiger partial charge in [-0.25, -0.2) is 9.48 Å². The Morgan fingerprint density at radius 3 is 2.80 bits per heavy atom. The standard InChI is InChI=1S/C14H10ClN3O2/c1-8-2-4-10(15)13(6-8)18-12-5-3-9(14(19)20)7-11(12)16-17-18/h2-7H,1H3,(H,19,20). The van der Waals surface area contributed by atoms with Gasteiger partial charge in [0.25, 0.3) is 0 Å². The molecule has 100 valence electrons. The molecule has 6 heteroatoms. The van der Waals surface area contributed by atoms with Gasteiger partial charge in [-0.05, 0) is 42.8 Å². The molecule has 2 aromatic carbocycles. The fourth-order valence-corrected chi connectivity index (χ4v) is 2.22. The highest BCUT2D eigenvalue weighted by atomic mass is 35.5. The van der Waals surface area contributed by atoms with E-state index >= 15 is 0 Å². The van der Waals surface area contributed by atoms with E-state index in [1.165, 1.54) is 12.1 Å². The number of halogens is 1. The van der Waals surface area contributed by atoms with E-state index in [-0.39, 0.29) is 5.56 Å². The predicted molar refractivity (Wildman–Crippen MR) is 75.6 cm³/mol. The van der Waals surface area contributed by atoms with E-state index in [0.717, 1.165) is 11.3 Å². The monoisotopic (exact) mass is 287 g/mol. The Balaban J connectivity index is 2.22. The normalized spacial score (nSPS) is 10.9. The molecule has 0 aliphatic heterocycles. The minimum atomic E-state index is -0.991. The van der Waals surface area contributed by atoms with Crippen molar-refractivity contribution >= 4 is 28.6 Å². The van der Waals surface area contributed by atoms with Crippen molar-refractivity contribution < 1.29 is 9.90 Å². The maximum Gasteiger partial charge on any atom is 0.335 e. The number of hydrogen-bond donors (Lipinski definition) is 1. The highest BCUT2D eigenvalue weighted by Crippen LogP contribution is 2.24. The van der Waals surface area contributed by atoms with Gasteiger partial charge in [0.1, 0.15) is 5.52 Å². The van der Waals surface area contributed by atoms with E-state index in [1.807, 2.05) is 19.1 Å². The Morgan fingerprint density at radius 2 is 2.05 bits per heavy atom. The van der Waals surface area contributed by atoms with Crippen LogP contribution >= 0.6 is 11.6 Å². The third-order valence-corrected chi connectivity index (χ3v) is 3.34. The molecule has 0 atom stereocenters. The van der Waals surface area contributed by atoms with Gasteiger partial charge in [0.15, 0.2) is 0 Å². The lowest BCUT2D eigenvalue weighted by Gasteiger charge is -2.06. The van der Waals surface area contributed by atoms with Crippen LogP contribution in [0.5, 0.6) is 0 Å². The summed E-state index contributed by atoms with van der Waals surface area (Å²) in [6, 6.07) is 10.3. The fraction of sp³-hybridized carbons (Fsp3) is 0.0714. The molecule has 0 bridgehead atoms. The molecule has 1 aromatic heterocycles. The number of aromatic carboxylic acids is 1. The number of rotatable bonds is 2. The zero-order valence-electron chi connectivity index (χ0n) is 10.5. The number of aryl methyl sites for hydroxylation is 1. The van der Waals surface area contributed by atoms with Crippen LogP contribution < -0.4 is 0 Å². The molecule has 0 spiro atoms. The second kappa shape index (κ2) is 4.61. The first-order valence-corrected chi connectivity index (χ1v) is 6.29. The smallest absolute Gasteiger partial charge is 0.335 e. The van der Waals surface area contributed by atoms with Crippen molar-refractivity contribution in [1.29, 1.82) is 0 Å². The Kier molecular flexibility index (Phi) is 2.91. The summed E-state index contributed by atoms with van der Waals surface area (Å²) in [5, 5.41) is 17.6. The third-order valence-electron chi connectivity index (χ3n) is 3.02. The third kappa shape index (κ3) is 2.02. The summed E-state index contributed by atoms with van der Waals surface area (Å²) >= 11 is 6.19. The summed E-state index contributed by atoms with van der Waals surface area (Å²) < 4.78 is 1.61. The maximum atomic E-state index is 10.9. The largest absolute Gasteiger partial charge is 0.478 e. The number of hydrogen-bond acceptors (Lipinski definition) is 3. The average molecular weight is 288 g/mol. The molecule has 0 saturated heterocycles. The summed E-state index contributed by atoms with van der Waals surface area (Å²) in [4.78, 5) is 10.9. The van der Waals surface area contributed by atoms with Crippen LogP contribution in [0.15, 0.2) is 36.4 Å². The molecular formula is C14H10ClN3O2. The Hall–Kier alpha value is -2.40. The first kappa shape index (κ1) is 12.6. The molecule has 0 amide bonds. The van der Waals surface area contributed by atoms with E-state index in [1.54, 1.807) is 16.8 Å². The number of nitrogens with zero attached hydrogens (tertiary/aromatic N) is 3. The minimum Gasteiger partial charge on any atom is -0.478 e. The Morgan fingerprint density at radius 1 is 1.25 bits per heavy atom. The van der Waals surface area contributed by atoms with Crippen molar-refractivity contribution in [1.82, 2.24) is 15.0 Å². The van der Waals surface area contributed by atoms with Gasteiger partial charge in [-0.15, -0.1) is 5.10 Å². The van der Waals surface area contributed by atoms with Gasteiger partial charge < -0.3 is 5.11 Å². The average Bonchev–Trinajstić information content (AvgIpc) is 2.84. The first-order valence-electron chi connectivity index (χ1n) is 5.91. The van der Waals surface area contributed by atoms with Gasteiger partial charge in [-0.1, -0.05) is 22.9 Å². The lowest BCUT2D eigenvalue weighted by atomic mass is 10.2. The van der Waals surface area contributed by atoms with Crippen molar-refractivity contribution in [3.63, 3.8) is 0 Å². The van der Waals surface area contributed by atoms with Crippen molar-refractivity contribution in [3.8, 4) is 5.69 Å². The van der Waals surface area contributed by atoms with Crippen molar-refractivity contribution in [3.05, 3.63) is 52.5 Å². The van der Waals surface area contributed by atoms with Crippen LogP contribution in [0.3, 0.4) is 0 Å². The second-order valence-corrected chi connectivity index (χ2v) is 4.87. The number of aromatic nitrogens is 3. The molecule has 1 heterocycles. The highest BCUT2D eigenvalue weighted by Gasteiger charge is 2.12. The SMILES string of the molecule is Cc1ccc(Cl)c(-n2nnc3cc(C(=O)O)ccc32)c1. The maximum absolute atomic E-state index is 10.9. The van der Waals surface area contributed by atoms with Crippen LogP contribution in [0.2, 0.25) is 5.02 Å². The van der Waals surface area contributed by atoms with E-state index in [4.69, 9.17) is 16.7 Å². The second-order valence-electron chi connectivity index (χ2n) is 4.46. The first-order chi connectivity index (χ1) is 9.56. The van der Waals surface area contributed by atoms with Gasteiger partial charge in [-0.2, -0.15) is 0 Å². The van der Waals surface area contributed by atoms with Crippen LogP contribution in [0.1, 0.15) is 15.9 Å². The molecular weight excluding hydrogens is 278 g/mol. The molecule has 20 heavy (non-hydrogen) atoms. The van der Waals surface area contributed by atoms with Crippen molar-refractivity contribution in [2.24, 2.45) is 0 Å². The Labute approximate surface area is 119 Å². The van der Waals surface area contributed by atoms with Gasteiger partial charge in [0.05, 0.1) is 21.8 Å². The van der Waals surface area contributed by atoms with Crippen LogP contribution in [-0.4, -0.2) is 26.1 Å². The number of benzene rings is 2. The molecule has 3 rings (SSSR count). The summed E-state index contributed by atoms with van der Waals surface area (Å²) in [6.45, 7) is 1.96. The lowest BCUT2D eigenvalue weighted by molar-refractivity contribution is 0.0697. The molecule has 0 aliphatic rings. The number of carboxylic acids is 1. The molecule has 3 aromatic rings. The quantitative estimate of drug-likeness (QED) is 0.786. The van der Waals surface area contributed by atoms with Crippen LogP contribution in [0.25, 0.3) is 16.7 Å². The number of carboxylic acid groups (broad SMARTS) is 1. The number of fused-ring (bicyclic) bond motifs is 1. The van der Waals surface area contributed by atoms with E-state index in [0.29, 0.717) is 16.1 Å². The highest BCUT2D eigenvalue weighted by molar-refractivity contribution is 6.32. The minimum absolute atomic E-state index is 0.180. The van der Waals surface area contributed by atoms with Crippen molar-refractivity contribution in [2.45, 2.75) is 6.92 Å².